The second-order valence-electron chi connectivity index (χ2n) is 5.74. The average molecular weight is 228 g/mol. The molecule has 0 aromatic rings. The molecule has 2 atom stereocenters. The van der Waals surface area contributed by atoms with Crippen molar-refractivity contribution in [2.45, 2.75) is 70.7 Å². The zero-order valence-electron chi connectivity index (χ0n) is 11.1. The van der Waals surface area contributed by atoms with Crippen LogP contribution < -0.4 is 0 Å². The minimum Gasteiger partial charge on any atom is -0.390 e. The van der Waals surface area contributed by atoms with Crippen molar-refractivity contribution in [3.63, 3.8) is 0 Å². The van der Waals surface area contributed by atoms with E-state index in [0.29, 0.717) is 31.2 Å². The number of aliphatic hydroxyl groups is 1. The zero-order valence-corrected chi connectivity index (χ0v) is 11.1. The molecular weight excluding hydrogens is 202 g/mol. The van der Waals surface area contributed by atoms with Gasteiger partial charge in [0.15, 0.2) is 0 Å². The first-order valence-electron chi connectivity index (χ1n) is 6.22. The molecule has 16 heavy (non-hydrogen) atoms. The minimum atomic E-state index is -0.621. The monoisotopic (exact) mass is 228 g/mol. The van der Waals surface area contributed by atoms with Crippen molar-refractivity contribution in [3.8, 4) is 0 Å². The van der Waals surface area contributed by atoms with Gasteiger partial charge in [-0.3, -0.25) is 4.90 Å². The summed E-state index contributed by atoms with van der Waals surface area (Å²) in [6.45, 7) is 8.66. The molecule has 0 bridgehead atoms. The van der Waals surface area contributed by atoms with Crippen molar-refractivity contribution in [1.82, 2.24) is 4.90 Å². The number of hydrogen-bond acceptors (Lipinski definition) is 3. The van der Waals surface area contributed by atoms with Crippen LogP contribution in [0.2, 0.25) is 0 Å². The van der Waals surface area contributed by atoms with E-state index in [1.807, 2.05) is 13.8 Å². The summed E-state index contributed by atoms with van der Waals surface area (Å²) in [6.07, 6.45) is 3.10. The van der Waals surface area contributed by atoms with Gasteiger partial charge in [-0.05, 0) is 47.0 Å². The van der Waals surface area contributed by atoms with Crippen LogP contribution in [0.25, 0.3) is 0 Å². The lowest BCUT2D eigenvalue weighted by Crippen LogP contribution is -2.45. The molecule has 2 unspecified atom stereocenters. The third kappa shape index (κ3) is 4.40. The second kappa shape index (κ2) is 5.48. The van der Waals surface area contributed by atoms with Crippen LogP contribution in [-0.4, -0.2) is 40.4 Å². The van der Waals surface area contributed by atoms with Crippen LogP contribution in [0.5, 0.6) is 0 Å². The van der Waals surface area contributed by atoms with Crippen molar-refractivity contribution in [3.05, 3.63) is 7.05 Å². The van der Waals surface area contributed by atoms with Gasteiger partial charge in [-0.15, -0.1) is 0 Å². The molecule has 0 aromatic heterocycles. The Morgan fingerprint density at radius 2 is 1.81 bits per heavy atom. The van der Waals surface area contributed by atoms with Gasteiger partial charge in [0.2, 0.25) is 0 Å². The summed E-state index contributed by atoms with van der Waals surface area (Å²) >= 11 is 0. The Morgan fingerprint density at radius 3 is 2.25 bits per heavy atom. The normalized spacial score (nSPS) is 33.0. The molecule has 0 amide bonds. The topological polar surface area (TPSA) is 32.7 Å². The molecule has 3 heteroatoms. The van der Waals surface area contributed by atoms with Crippen molar-refractivity contribution in [2.24, 2.45) is 0 Å². The molecule has 95 valence electrons. The fourth-order valence-electron chi connectivity index (χ4n) is 2.17. The van der Waals surface area contributed by atoms with E-state index < -0.39 is 5.60 Å². The van der Waals surface area contributed by atoms with Crippen LogP contribution in [0.3, 0.4) is 0 Å². The number of nitrogens with zero attached hydrogens (tertiary/aromatic N) is 1. The van der Waals surface area contributed by atoms with Gasteiger partial charge in [-0.2, -0.15) is 0 Å². The first-order chi connectivity index (χ1) is 7.29. The predicted octanol–water partition coefficient (Wildman–Crippen LogP) is 2.20. The number of ether oxygens (including phenoxy) is 1. The molecule has 1 heterocycles. The first-order valence-corrected chi connectivity index (χ1v) is 6.22. The lowest BCUT2D eigenvalue weighted by Gasteiger charge is -2.40. The molecule has 3 nitrogen and oxygen atoms in total. The minimum absolute atomic E-state index is 0.324. The first kappa shape index (κ1) is 13.9. The molecule has 1 aliphatic rings. The summed E-state index contributed by atoms with van der Waals surface area (Å²) in [7, 11) is 4.05. The van der Waals surface area contributed by atoms with Crippen molar-refractivity contribution < 1.29 is 9.84 Å². The van der Waals surface area contributed by atoms with Gasteiger partial charge in [0.1, 0.15) is 0 Å². The van der Waals surface area contributed by atoms with E-state index >= 15 is 0 Å². The SMILES string of the molecule is [CH2]N1C(C)CC(OCCC(C)(C)O)CC1C. The molecule has 1 aliphatic heterocycles. The molecular formula is C13H26NO2. The molecule has 1 N–H and O–H groups in total. The lowest BCUT2D eigenvalue weighted by atomic mass is 9.95. The molecule has 0 spiro atoms. The zero-order chi connectivity index (χ0) is 12.3. The van der Waals surface area contributed by atoms with Gasteiger partial charge in [-0.25, -0.2) is 0 Å². The summed E-state index contributed by atoms with van der Waals surface area (Å²) in [6, 6.07) is 0.965. The fourth-order valence-corrected chi connectivity index (χ4v) is 2.17. The maximum atomic E-state index is 9.59. The van der Waals surface area contributed by atoms with Gasteiger partial charge < -0.3 is 9.84 Å². The summed E-state index contributed by atoms with van der Waals surface area (Å²) in [5.41, 5.74) is -0.621. The standard InChI is InChI=1S/C13H26NO2/c1-10-8-12(9-11(2)14(10)5)16-7-6-13(3,4)15/h10-12,15H,5-9H2,1-4H3. The van der Waals surface area contributed by atoms with E-state index in [2.05, 4.69) is 25.8 Å². The molecule has 1 rings (SSSR count). The van der Waals surface area contributed by atoms with Crippen LogP contribution in [0.1, 0.15) is 47.0 Å². The highest BCUT2D eigenvalue weighted by Crippen LogP contribution is 2.24. The Balaban J connectivity index is 2.28. The van der Waals surface area contributed by atoms with Gasteiger partial charge in [0.05, 0.1) is 11.7 Å². The smallest absolute Gasteiger partial charge is 0.0613 e. The maximum Gasteiger partial charge on any atom is 0.0613 e. The highest BCUT2D eigenvalue weighted by atomic mass is 16.5. The van der Waals surface area contributed by atoms with E-state index in [1.54, 1.807) is 0 Å². The van der Waals surface area contributed by atoms with E-state index in [1.165, 1.54) is 0 Å². The Morgan fingerprint density at radius 1 is 1.31 bits per heavy atom. The van der Waals surface area contributed by atoms with Crippen LogP contribution in [-0.2, 0) is 4.74 Å². The van der Waals surface area contributed by atoms with Crippen LogP contribution in [0.4, 0.5) is 0 Å². The Hall–Kier alpha value is -0.120. The summed E-state index contributed by atoms with van der Waals surface area (Å²) < 4.78 is 5.83. The van der Waals surface area contributed by atoms with Gasteiger partial charge >= 0.3 is 0 Å². The Labute approximate surface area is 99.8 Å². The molecule has 0 saturated carbocycles. The van der Waals surface area contributed by atoms with Crippen molar-refractivity contribution in [1.29, 1.82) is 0 Å². The highest BCUT2D eigenvalue weighted by Gasteiger charge is 2.28. The summed E-state index contributed by atoms with van der Waals surface area (Å²) in [5.74, 6) is 0. The second-order valence-corrected chi connectivity index (χ2v) is 5.74. The van der Waals surface area contributed by atoms with Crippen LogP contribution >= 0.6 is 0 Å². The molecule has 1 fully saturated rings. The number of hydrogen-bond donors (Lipinski definition) is 1. The summed E-state index contributed by atoms with van der Waals surface area (Å²) in [5, 5.41) is 9.59. The largest absolute Gasteiger partial charge is 0.390 e. The van der Waals surface area contributed by atoms with Gasteiger partial charge in [0.25, 0.3) is 0 Å². The molecule has 0 aromatic carbocycles. The fraction of sp³-hybridized carbons (Fsp3) is 0.923. The number of piperidine rings is 1. The maximum absolute atomic E-state index is 9.59. The highest BCUT2D eigenvalue weighted by molar-refractivity contribution is 4.84. The molecule has 1 saturated heterocycles. The van der Waals surface area contributed by atoms with Crippen molar-refractivity contribution in [2.75, 3.05) is 6.61 Å². The lowest BCUT2D eigenvalue weighted by molar-refractivity contribution is -0.0414. The van der Waals surface area contributed by atoms with E-state index in [9.17, 15) is 5.11 Å². The third-order valence-electron chi connectivity index (χ3n) is 3.41. The summed E-state index contributed by atoms with van der Waals surface area (Å²) in [4.78, 5) is 2.16. The Kier molecular flexibility index (Phi) is 4.77. The average Bonchev–Trinajstić information content (AvgIpc) is 2.12. The van der Waals surface area contributed by atoms with E-state index in [0.717, 1.165) is 12.8 Å². The van der Waals surface area contributed by atoms with Gasteiger partial charge in [-0.1, -0.05) is 0 Å². The quantitative estimate of drug-likeness (QED) is 0.800. The third-order valence-corrected chi connectivity index (χ3v) is 3.41. The van der Waals surface area contributed by atoms with Crippen LogP contribution in [0, 0.1) is 7.05 Å². The number of likely N-dealkylation sites (tertiary alicyclic amines) is 1. The van der Waals surface area contributed by atoms with Crippen LogP contribution in [0.15, 0.2) is 0 Å². The van der Waals surface area contributed by atoms with E-state index in [4.69, 9.17) is 4.74 Å². The Bertz CT molecular complexity index is 200. The molecule has 1 radical (unpaired) electrons. The predicted molar refractivity (Wildman–Crippen MR) is 66.0 cm³/mol. The van der Waals surface area contributed by atoms with E-state index in [-0.39, 0.29) is 0 Å². The molecule has 0 aliphatic carbocycles. The number of rotatable bonds is 4. The van der Waals surface area contributed by atoms with Gasteiger partial charge in [0, 0.05) is 25.7 Å². The van der Waals surface area contributed by atoms with Crippen molar-refractivity contribution >= 4 is 0 Å².